The summed E-state index contributed by atoms with van der Waals surface area (Å²) in [6.07, 6.45) is 2.16. The van der Waals surface area contributed by atoms with Crippen LogP contribution in [0.3, 0.4) is 0 Å². The van der Waals surface area contributed by atoms with E-state index in [1.165, 1.54) is 22.3 Å². The van der Waals surface area contributed by atoms with E-state index < -0.39 is 0 Å². The molecule has 3 aromatic rings. The van der Waals surface area contributed by atoms with E-state index in [-0.39, 0.29) is 0 Å². The zero-order valence-electron chi connectivity index (χ0n) is 12.0. The van der Waals surface area contributed by atoms with Crippen LogP contribution in [0.25, 0.3) is 11.1 Å². The van der Waals surface area contributed by atoms with Crippen molar-refractivity contribution in [3.8, 4) is 11.1 Å². The van der Waals surface area contributed by atoms with Crippen LogP contribution in [0.2, 0.25) is 0 Å². The number of hydrogen-bond acceptors (Lipinski definition) is 1. The molecular weight excluding hydrogens is 254 g/mol. The summed E-state index contributed by atoms with van der Waals surface area (Å²) >= 11 is 0. The molecule has 3 rings (SSSR count). The molecule has 2 N–H and O–H groups in total. The molecule has 0 amide bonds. The Hall–Kier alpha value is -2.54. The highest BCUT2D eigenvalue weighted by Gasteiger charge is 1.99. The SMILES string of the molecule is Nc1ccc(-c2ccc(CCc3ccccc3)cc2)cc1. The van der Waals surface area contributed by atoms with Crippen molar-refractivity contribution in [3.05, 3.63) is 90.0 Å². The van der Waals surface area contributed by atoms with Gasteiger partial charge in [0.1, 0.15) is 0 Å². The molecule has 0 aliphatic rings. The van der Waals surface area contributed by atoms with Crippen molar-refractivity contribution >= 4 is 5.69 Å². The molecule has 3 aromatic carbocycles. The maximum atomic E-state index is 5.72. The summed E-state index contributed by atoms with van der Waals surface area (Å²) in [7, 11) is 0. The molecule has 1 heteroatoms. The Kier molecular flexibility index (Phi) is 4.02. The summed E-state index contributed by atoms with van der Waals surface area (Å²) in [5.74, 6) is 0. The minimum Gasteiger partial charge on any atom is -0.399 e. The Morgan fingerprint density at radius 2 is 1.00 bits per heavy atom. The number of benzene rings is 3. The second-order valence-corrected chi connectivity index (χ2v) is 5.30. The molecule has 0 aliphatic carbocycles. The summed E-state index contributed by atoms with van der Waals surface area (Å²) in [6, 6.07) is 27.4. The van der Waals surface area contributed by atoms with Crippen LogP contribution in [0.1, 0.15) is 11.1 Å². The minimum atomic E-state index is 0.804. The summed E-state index contributed by atoms with van der Waals surface area (Å²) in [6.45, 7) is 0. The van der Waals surface area contributed by atoms with Crippen LogP contribution in [0.5, 0.6) is 0 Å². The van der Waals surface area contributed by atoms with Gasteiger partial charge in [-0.1, -0.05) is 66.7 Å². The first-order valence-electron chi connectivity index (χ1n) is 7.30. The second-order valence-electron chi connectivity index (χ2n) is 5.30. The van der Waals surface area contributed by atoms with E-state index in [2.05, 4.69) is 66.7 Å². The van der Waals surface area contributed by atoms with Gasteiger partial charge in [0.25, 0.3) is 0 Å². The van der Waals surface area contributed by atoms with Gasteiger partial charge in [-0.15, -0.1) is 0 Å². The van der Waals surface area contributed by atoms with Crippen LogP contribution in [0.4, 0.5) is 5.69 Å². The topological polar surface area (TPSA) is 26.0 Å². The molecule has 0 saturated heterocycles. The first-order valence-corrected chi connectivity index (χ1v) is 7.30. The Bertz CT molecular complexity index is 682. The average molecular weight is 273 g/mol. The third-order valence-corrected chi connectivity index (χ3v) is 3.74. The smallest absolute Gasteiger partial charge is 0.0314 e. The highest BCUT2D eigenvalue weighted by molar-refractivity contribution is 5.65. The Morgan fingerprint density at radius 1 is 0.524 bits per heavy atom. The van der Waals surface area contributed by atoms with E-state index in [1.54, 1.807) is 0 Å². The summed E-state index contributed by atoms with van der Waals surface area (Å²) in [5.41, 5.74) is 11.7. The predicted molar refractivity (Wildman–Crippen MR) is 90.1 cm³/mol. The van der Waals surface area contributed by atoms with Gasteiger partial charge in [0.15, 0.2) is 0 Å². The molecule has 0 unspecified atom stereocenters. The Balaban J connectivity index is 1.68. The van der Waals surface area contributed by atoms with E-state index in [9.17, 15) is 0 Å². The molecule has 0 radical (unpaired) electrons. The molecule has 0 bridgehead atoms. The predicted octanol–water partition coefficient (Wildman–Crippen LogP) is 4.72. The lowest BCUT2D eigenvalue weighted by Crippen LogP contribution is -1.91. The summed E-state index contributed by atoms with van der Waals surface area (Å²) in [5, 5.41) is 0. The van der Waals surface area contributed by atoms with Gasteiger partial charge in [-0.3, -0.25) is 0 Å². The molecule has 1 nitrogen and oxygen atoms in total. The van der Waals surface area contributed by atoms with Crippen molar-refractivity contribution in [2.45, 2.75) is 12.8 Å². The molecule has 0 atom stereocenters. The first kappa shape index (κ1) is 13.4. The highest BCUT2D eigenvalue weighted by atomic mass is 14.5. The van der Waals surface area contributed by atoms with Crippen LogP contribution in [0, 0.1) is 0 Å². The maximum absolute atomic E-state index is 5.72. The largest absolute Gasteiger partial charge is 0.399 e. The van der Waals surface area contributed by atoms with Crippen molar-refractivity contribution in [3.63, 3.8) is 0 Å². The molecule has 0 saturated carbocycles. The average Bonchev–Trinajstić information content (AvgIpc) is 2.55. The second kappa shape index (κ2) is 6.27. The minimum absolute atomic E-state index is 0.804. The van der Waals surface area contributed by atoms with Gasteiger partial charge in [0.2, 0.25) is 0 Å². The van der Waals surface area contributed by atoms with Gasteiger partial charge in [0, 0.05) is 5.69 Å². The van der Waals surface area contributed by atoms with Gasteiger partial charge in [-0.2, -0.15) is 0 Å². The molecule has 0 aliphatic heterocycles. The third kappa shape index (κ3) is 3.51. The van der Waals surface area contributed by atoms with Gasteiger partial charge < -0.3 is 5.73 Å². The fourth-order valence-corrected chi connectivity index (χ4v) is 2.47. The van der Waals surface area contributed by atoms with Crippen LogP contribution in [0.15, 0.2) is 78.9 Å². The molecule has 0 aromatic heterocycles. The van der Waals surface area contributed by atoms with E-state index in [1.807, 2.05) is 12.1 Å². The van der Waals surface area contributed by atoms with E-state index in [4.69, 9.17) is 5.73 Å². The lowest BCUT2D eigenvalue weighted by Gasteiger charge is -2.05. The summed E-state index contributed by atoms with van der Waals surface area (Å²) < 4.78 is 0. The van der Waals surface area contributed by atoms with E-state index in [0.29, 0.717) is 0 Å². The quantitative estimate of drug-likeness (QED) is 0.684. The van der Waals surface area contributed by atoms with Gasteiger partial charge >= 0.3 is 0 Å². The zero-order chi connectivity index (χ0) is 14.5. The fourth-order valence-electron chi connectivity index (χ4n) is 2.47. The number of nitrogens with two attached hydrogens (primary N) is 1. The standard InChI is InChI=1S/C20H19N/c21-20-14-12-19(13-15-20)18-10-8-17(9-11-18)7-6-16-4-2-1-3-5-16/h1-5,8-15H,6-7,21H2. The number of hydrogen-bond donors (Lipinski definition) is 1. The van der Waals surface area contributed by atoms with Crippen molar-refractivity contribution in [1.29, 1.82) is 0 Å². The highest BCUT2D eigenvalue weighted by Crippen LogP contribution is 2.21. The van der Waals surface area contributed by atoms with Crippen molar-refractivity contribution in [2.24, 2.45) is 0 Å². The normalized spacial score (nSPS) is 10.5. The maximum Gasteiger partial charge on any atom is 0.0314 e. The molecular formula is C20H19N. The van der Waals surface area contributed by atoms with Crippen molar-refractivity contribution in [2.75, 3.05) is 5.73 Å². The van der Waals surface area contributed by atoms with Crippen LogP contribution >= 0.6 is 0 Å². The van der Waals surface area contributed by atoms with Crippen LogP contribution in [-0.2, 0) is 12.8 Å². The monoisotopic (exact) mass is 273 g/mol. The Labute approximate surface area is 126 Å². The lowest BCUT2D eigenvalue weighted by atomic mass is 10.0. The third-order valence-electron chi connectivity index (χ3n) is 3.74. The van der Waals surface area contributed by atoms with E-state index >= 15 is 0 Å². The fraction of sp³-hybridized carbons (Fsp3) is 0.100. The molecule has 21 heavy (non-hydrogen) atoms. The van der Waals surface area contributed by atoms with Crippen LogP contribution < -0.4 is 5.73 Å². The van der Waals surface area contributed by atoms with Crippen molar-refractivity contribution in [1.82, 2.24) is 0 Å². The van der Waals surface area contributed by atoms with Gasteiger partial charge in [-0.25, -0.2) is 0 Å². The number of anilines is 1. The number of rotatable bonds is 4. The Morgan fingerprint density at radius 3 is 1.57 bits per heavy atom. The van der Waals surface area contributed by atoms with Gasteiger partial charge in [0.05, 0.1) is 0 Å². The van der Waals surface area contributed by atoms with E-state index in [0.717, 1.165) is 18.5 Å². The number of nitrogen functional groups attached to an aromatic ring is 1. The molecule has 0 spiro atoms. The van der Waals surface area contributed by atoms with Crippen molar-refractivity contribution < 1.29 is 0 Å². The zero-order valence-corrected chi connectivity index (χ0v) is 12.0. The summed E-state index contributed by atoms with van der Waals surface area (Å²) in [4.78, 5) is 0. The molecule has 0 heterocycles. The van der Waals surface area contributed by atoms with Gasteiger partial charge in [-0.05, 0) is 47.2 Å². The number of aryl methyl sites for hydroxylation is 2. The lowest BCUT2D eigenvalue weighted by molar-refractivity contribution is 0.960. The molecule has 104 valence electrons. The first-order chi connectivity index (χ1) is 10.3. The molecule has 0 fully saturated rings. The van der Waals surface area contributed by atoms with Crippen LogP contribution in [-0.4, -0.2) is 0 Å².